The van der Waals surface area contributed by atoms with Gasteiger partial charge in [-0.1, -0.05) is 29.3 Å². The molecule has 3 heterocycles. The second-order valence-corrected chi connectivity index (χ2v) is 6.96. The molecule has 1 aliphatic heterocycles. The first-order valence-corrected chi connectivity index (χ1v) is 8.77. The highest BCUT2D eigenvalue weighted by Gasteiger charge is 2.23. The van der Waals surface area contributed by atoms with Gasteiger partial charge in [-0.05, 0) is 35.9 Å². The largest absolute Gasteiger partial charge is 0.295 e. The zero-order valence-corrected chi connectivity index (χ0v) is 14.9. The minimum atomic E-state index is -0.00347. The van der Waals surface area contributed by atoms with Gasteiger partial charge in [-0.3, -0.25) is 14.8 Å². The van der Waals surface area contributed by atoms with Gasteiger partial charge >= 0.3 is 0 Å². The monoisotopic (exact) mass is 374 g/mol. The van der Waals surface area contributed by atoms with Gasteiger partial charge in [0.2, 0.25) is 0 Å². The zero-order valence-electron chi connectivity index (χ0n) is 13.4. The summed E-state index contributed by atoms with van der Waals surface area (Å²) in [4.78, 5) is 19.1. The molecule has 0 saturated heterocycles. The molecule has 0 spiro atoms. The Labute approximate surface area is 154 Å². The lowest BCUT2D eigenvalue weighted by Crippen LogP contribution is -2.32. The summed E-state index contributed by atoms with van der Waals surface area (Å²) in [6.07, 6.45) is 2.59. The Morgan fingerprint density at radius 2 is 1.92 bits per heavy atom. The smallest absolute Gasteiger partial charge is 0.275 e. The van der Waals surface area contributed by atoms with Crippen LogP contribution in [0.3, 0.4) is 0 Å². The van der Waals surface area contributed by atoms with E-state index < -0.39 is 0 Å². The second kappa shape index (κ2) is 6.67. The Hall–Kier alpha value is -2.08. The Kier molecular flexibility index (Phi) is 4.37. The summed E-state index contributed by atoms with van der Waals surface area (Å²) in [7, 11) is 0. The molecule has 1 aromatic carbocycles. The van der Waals surface area contributed by atoms with E-state index in [1.807, 2.05) is 18.2 Å². The van der Waals surface area contributed by atoms with Gasteiger partial charge in [0.05, 0.1) is 11.3 Å². The average Bonchev–Trinajstić information content (AvgIpc) is 2.94. The maximum absolute atomic E-state index is 12.8. The Bertz CT molecular complexity index is 945. The summed E-state index contributed by atoms with van der Waals surface area (Å²) in [5.74, 6) is 0. The summed E-state index contributed by atoms with van der Waals surface area (Å²) in [6.45, 7) is 2.25. The molecular weight excluding hydrogens is 359 g/mol. The molecular formula is C18H16Cl2N4O. The van der Waals surface area contributed by atoms with Crippen LogP contribution in [0.1, 0.15) is 16.8 Å². The van der Waals surface area contributed by atoms with E-state index >= 15 is 0 Å². The van der Waals surface area contributed by atoms with E-state index in [1.54, 1.807) is 29.1 Å². The third-order valence-corrected chi connectivity index (χ3v) is 4.89. The van der Waals surface area contributed by atoms with Crippen molar-refractivity contribution in [3.05, 3.63) is 79.9 Å². The molecule has 0 aliphatic carbocycles. The van der Waals surface area contributed by atoms with Gasteiger partial charge in [-0.15, -0.1) is 0 Å². The number of nitrogens with zero attached hydrogens (tertiary/aromatic N) is 3. The number of halogens is 2. The van der Waals surface area contributed by atoms with Crippen molar-refractivity contribution in [1.82, 2.24) is 19.7 Å². The summed E-state index contributed by atoms with van der Waals surface area (Å²) >= 11 is 11.8. The molecule has 3 aromatic rings. The lowest BCUT2D eigenvalue weighted by Gasteiger charge is -2.25. The minimum absolute atomic E-state index is 0.00347. The third kappa shape index (κ3) is 3.35. The van der Waals surface area contributed by atoms with Crippen molar-refractivity contribution < 1.29 is 0 Å². The van der Waals surface area contributed by atoms with E-state index in [0.29, 0.717) is 16.7 Å². The van der Waals surface area contributed by atoms with Crippen LogP contribution in [-0.2, 0) is 19.5 Å². The lowest BCUT2D eigenvalue weighted by atomic mass is 10.1. The number of nitrogens with one attached hydrogen (secondary N) is 1. The lowest BCUT2D eigenvalue weighted by molar-refractivity contribution is 0.244. The number of hydrogen-bond acceptors (Lipinski definition) is 3. The molecule has 25 heavy (non-hydrogen) atoms. The Morgan fingerprint density at radius 1 is 1.12 bits per heavy atom. The van der Waals surface area contributed by atoms with Gasteiger partial charge in [-0.2, -0.15) is 0 Å². The highest BCUT2D eigenvalue weighted by atomic mass is 35.5. The fraction of sp³-hybridized carbons (Fsp3) is 0.222. The normalized spacial score (nSPS) is 14.5. The summed E-state index contributed by atoms with van der Waals surface area (Å²) in [6, 6.07) is 11.0. The fourth-order valence-corrected chi connectivity index (χ4v) is 3.36. The number of hydrogen-bond donors (Lipinski definition) is 1. The van der Waals surface area contributed by atoms with Crippen LogP contribution in [-0.4, -0.2) is 26.2 Å². The van der Waals surface area contributed by atoms with Gasteiger partial charge in [0.15, 0.2) is 0 Å². The van der Waals surface area contributed by atoms with Gasteiger partial charge in [0, 0.05) is 43.0 Å². The summed E-state index contributed by atoms with van der Waals surface area (Å²) in [5.41, 5.74) is 3.70. The summed E-state index contributed by atoms with van der Waals surface area (Å²) < 4.78 is 1.59. The van der Waals surface area contributed by atoms with Crippen molar-refractivity contribution in [3.63, 3.8) is 0 Å². The molecule has 4 rings (SSSR count). The third-order valence-electron chi connectivity index (χ3n) is 4.41. The van der Waals surface area contributed by atoms with Crippen molar-refractivity contribution in [2.75, 3.05) is 6.54 Å². The van der Waals surface area contributed by atoms with Crippen LogP contribution >= 0.6 is 23.2 Å². The Morgan fingerprint density at radius 3 is 2.64 bits per heavy atom. The van der Waals surface area contributed by atoms with E-state index in [9.17, 15) is 4.79 Å². The number of rotatable bonds is 3. The highest BCUT2D eigenvalue weighted by Crippen LogP contribution is 2.19. The van der Waals surface area contributed by atoms with E-state index in [1.165, 1.54) is 0 Å². The number of aromatic nitrogens is 3. The van der Waals surface area contributed by atoms with E-state index in [4.69, 9.17) is 23.2 Å². The van der Waals surface area contributed by atoms with Crippen LogP contribution in [0, 0.1) is 0 Å². The highest BCUT2D eigenvalue weighted by molar-refractivity contribution is 6.30. The van der Waals surface area contributed by atoms with Gasteiger partial charge < -0.3 is 0 Å². The summed E-state index contributed by atoms with van der Waals surface area (Å²) in [5, 5.41) is 4.37. The molecule has 1 N–H and O–H groups in total. The van der Waals surface area contributed by atoms with Gasteiger partial charge in [0.1, 0.15) is 5.15 Å². The van der Waals surface area contributed by atoms with E-state index in [2.05, 4.69) is 15.0 Å². The standard InChI is InChI=1S/C18H16Cl2N4O/c19-13-2-4-14(5-3-13)24-18(25)15-11-23(8-7-16(15)22-24)10-12-1-6-17(20)21-9-12/h1-6,9,22H,7-8,10-11H2. The predicted octanol–water partition coefficient (Wildman–Crippen LogP) is 3.43. The van der Waals surface area contributed by atoms with Crippen molar-refractivity contribution in [1.29, 1.82) is 0 Å². The quantitative estimate of drug-likeness (QED) is 0.714. The van der Waals surface area contributed by atoms with E-state index in [0.717, 1.165) is 42.0 Å². The van der Waals surface area contributed by atoms with Crippen molar-refractivity contribution >= 4 is 23.2 Å². The van der Waals surface area contributed by atoms with Crippen LogP contribution in [0.2, 0.25) is 10.2 Å². The molecule has 2 aromatic heterocycles. The number of benzene rings is 1. The minimum Gasteiger partial charge on any atom is -0.295 e. The van der Waals surface area contributed by atoms with Crippen LogP contribution in [0.5, 0.6) is 0 Å². The number of H-pyrrole nitrogens is 1. The molecule has 0 unspecified atom stereocenters. The maximum atomic E-state index is 12.8. The second-order valence-electron chi connectivity index (χ2n) is 6.14. The molecule has 5 nitrogen and oxygen atoms in total. The van der Waals surface area contributed by atoms with Crippen molar-refractivity contribution in [2.45, 2.75) is 19.5 Å². The molecule has 0 saturated carbocycles. The topological polar surface area (TPSA) is 53.9 Å². The zero-order chi connectivity index (χ0) is 17.4. The number of fused-ring (bicyclic) bond motifs is 1. The maximum Gasteiger partial charge on any atom is 0.275 e. The molecule has 1 aliphatic rings. The molecule has 0 bridgehead atoms. The van der Waals surface area contributed by atoms with Gasteiger partial charge in [0.25, 0.3) is 5.56 Å². The SMILES string of the molecule is O=c1c2c([nH]n1-c1ccc(Cl)cc1)CCN(Cc1ccc(Cl)nc1)C2. The first kappa shape index (κ1) is 16.4. The molecule has 0 fully saturated rings. The van der Waals surface area contributed by atoms with Crippen molar-refractivity contribution in [2.24, 2.45) is 0 Å². The van der Waals surface area contributed by atoms with Crippen LogP contribution < -0.4 is 5.56 Å². The first-order valence-electron chi connectivity index (χ1n) is 8.01. The molecule has 7 heteroatoms. The molecule has 0 radical (unpaired) electrons. The predicted molar refractivity (Wildman–Crippen MR) is 98.5 cm³/mol. The first-order chi connectivity index (χ1) is 12.1. The van der Waals surface area contributed by atoms with Crippen LogP contribution in [0.15, 0.2) is 47.4 Å². The number of aromatic amines is 1. The molecule has 0 amide bonds. The fourth-order valence-electron chi connectivity index (χ4n) is 3.12. The average molecular weight is 375 g/mol. The van der Waals surface area contributed by atoms with Crippen molar-refractivity contribution in [3.8, 4) is 5.69 Å². The van der Waals surface area contributed by atoms with Crippen LogP contribution in [0.4, 0.5) is 0 Å². The number of pyridine rings is 1. The molecule has 128 valence electrons. The van der Waals surface area contributed by atoms with Crippen LogP contribution in [0.25, 0.3) is 5.69 Å². The van der Waals surface area contributed by atoms with Gasteiger partial charge in [-0.25, -0.2) is 9.67 Å². The molecule has 0 atom stereocenters. The Balaban J connectivity index is 1.58. The van der Waals surface area contributed by atoms with E-state index in [-0.39, 0.29) is 5.56 Å².